The van der Waals surface area contributed by atoms with Crippen molar-refractivity contribution in [3.8, 4) is 6.07 Å². The van der Waals surface area contributed by atoms with Crippen LogP contribution in [-0.2, 0) is 13.1 Å². The molecule has 0 fully saturated rings. The first-order valence-electron chi connectivity index (χ1n) is 6.00. The van der Waals surface area contributed by atoms with Gasteiger partial charge in [-0.15, -0.1) is 0 Å². The van der Waals surface area contributed by atoms with Crippen LogP contribution in [0.25, 0.3) is 0 Å². The van der Waals surface area contributed by atoms with E-state index in [0.29, 0.717) is 13.1 Å². The predicted molar refractivity (Wildman–Crippen MR) is 70.6 cm³/mol. The highest BCUT2D eigenvalue weighted by molar-refractivity contribution is 5.34. The zero-order valence-corrected chi connectivity index (χ0v) is 10.7. The summed E-state index contributed by atoms with van der Waals surface area (Å²) < 4.78 is 13.1. The third kappa shape index (κ3) is 3.60. The lowest BCUT2D eigenvalue weighted by atomic mass is 10.1. The Morgan fingerprint density at radius 2 is 1.95 bits per heavy atom. The molecule has 1 heterocycles. The van der Waals surface area contributed by atoms with Gasteiger partial charge in [0, 0.05) is 25.0 Å². The Hall–Kier alpha value is -2.25. The number of benzene rings is 1. The molecule has 2 rings (SSSR count). The number of aromatic nitrogens is 1. The van der Waals surface area contributed by atoms with Gasteiger partial charge in [-0.2, -0.15) is 5.26 Å². The van der Waals surface area contributed by atoms with Gasteiger partial charge in [-0.05, 0) is 36.2 Å². The van der Waals surface area contributed by atoms with Crippen LogP contribution in [0, 0.1) is 24.1 Å². The zero-order chi connectivity index (χ0) is 13.7. The van der Waals surface area contributed by atoms with Gasteiger partial charge in [0.05, 0.1) is 5.56 Å². The normalized spacial score (nSPS) is 10.2. The molecule has 2 aromatic rings. The van der Waals surface area contributed by atoms with E-state index < -0.39 is 5.82 Å². The smallest absolute Gasteiger partial charge is 0.140 e. The Balaban J connectivity index is 1.92. The number of hydrogen-bond acceptors (Lipinski definition) is 3. The van der Waals surface area contributed by atoms with Crippen molar-refractivity contribution in [3.63, 3.8) is 0 Å². The number of hydrogen-bond donors (Lipinski definition) is 1. The average Bonchev–Trinajstić information content (AvgIpc) is 2.43. The topological polar surface area (TPSA) is 48.7 Å². The molecule has 0 aliphatic rings. The van der Waals surface area contributed by atoms with Gasteiger partial charge in [0.15, 0.2) is 0 Å². The van der Waals surface area contributed by atoms with Crippen LogP contribution in [0.3, 0.4) is 0 Å². The summed E-state index contributed by atoms with van der Waals surface area (Å²) in [4.78, 5) is 4.21. The molecule has 0 saturated carbocycles. The van der Waals surface area contributed by atoms with Gasteiger partial charge in [0.1, 0.15) is 11.9 Å². The molecule has 19 heavy (non-hydrogen) atoms. The molecule has 0 radical (unpaired) electrons. The van der Waals surface area contributed by atoms with Crippen LogP contribution < -0.4 is 5.32 Å². The molecular weight excluding hydrogens is 241 g/mol. The van der Waals surface area contributed by atoms with Crippen LogP contribution in [0.1, 0.15) is 22.4 Å². The van der Waals surface area contributed by atoms with Crippen molar-refractivity contribution < 1.29 is 4.39 Å². The van der Waals surface area contributed by atoms with E-state index in [0.717, 1.165) is 16.8 Å². The minimum absolute atomic E-state index is 0.0799. The second-order valence-corrected chi connectivity index (χ2v) is 4.34. The number of pyridine rings is 1. The highest BCUT2D eigenvalue weighted by Crippen LogP contribution is 2.09. The summed E-state index contributed by atoms with van der Waals surface area (Å²) in [5, 5.41) is 12.0. The Morgan fingerprint density at radius 1 is 1.21 bits per heavy atom. The lowest BCUT2D eigenvalue weighted by molar-refractivity contribution is 0.621. The molecule has 0 spiro atoms. The molecule has 4 heteroatoms. The van der Waals surface area contributed by atoms with Crippen LogP contribution in [0.2, 0.25) is 0 Å². The van der Waals surface area contributed by atoms with Crippen LogP contribution in [-0.4, -0.2) is 4.98 Å². The van der Waals surface area contributed by atoms with Crippen LogP contribution >= 0.6 is 0 Å². The molecule has 0 amide bonds. The van der Waals surface area contributed by atoms with Gasteiger partial charge in [0.25, 0.3) is 0 Å². The summed E-state index contributed by atoms with van der Waals surface area (Å²) in [5.74, 6) is -0.478. The minimum atomic E-state index is -0.478. The molecule has 0 bridgehead atoms. The lowest BCUT2D eigenvalue weighted by Gasteiger charge is -2.06. The number of nitrogens with zero attached hydrogens (tertiary/aromatic N) is 2. The van der Waals surface area contributed by atoms with Gasteiger partial charge in [-0.3, -0.25) is 4.98 Å². The van der Waals surface area contributed by atoms with Crippen molar-refractivity contribution in [1.29, 1.82) is 5.26 Å². The quantitative estimate of drug-likeness (QED) is 0.913. The summed E-state index contributed by atoms with van der Waals surface area (Å²) in [6.45, 7) is 3.22. The van der Waals surface area contributed by atoms with E-state index in [9.17, 15) is 4.39 Å². The van der Waals surface area contributed by atoms with Crippen LogP contribution in [0.15, 0.2) is 36.5 Å². The van der Waals surface area contributed by atoms with Gasteiger partial charge >= 0.3 is 0 Å². The standard InChI is InChI=1S/C15H14FN3/c1-11-2-3-13(10-19-11)9-18-8-12-4-5-15(16)14(6-12)7-17/h2-6,10,18H,8-9H2,1H3. The van der Waals surface area contributed by atoms with Crippen molar-refractivity contribution in [1.82, 2.24) is 10.3 Å². The molecule has 0 aliphatic carbocycles. The molecule has 1 aromatic carbocycles. The number of aryl methyl sites for hydroxylation is 1. The predicted octanol–water partition coefficient (Wildman–Crippen LogP) is 2.69. The van der Waals surface area contributed by atoms with Crippen molar-refractivity contribution in [2.45, 2.75) is 20.0 Å². The molecule has 0 aliphatic heterocycles. The summed E-state index contributed by atoms with van der Waals surface area (Å²) in [5.41, 5.74) is 3.04. The lowest BCUT2D eigenvalue weighted by Crippen LogP contribution is -2.13. The fraction of sp³-hybridized carbons (Fsp3) is 0.200. The third-order valence-corrected chi connectivity index (χ3v) is 2.78. The van der Waals surface area contributed by atoms with Gasteiger partial charge < -0.3 is 5.32 Å². The van der Waals surface area contributed by atoms with Gasteiger partial charge in [-0.25, -0.2) is 4.39 Å². The SMILES string of the molecule is Cc1ccc(CNCc2ccc(F)c(C#N)c2)cn1. The fourth-order valence-electron chi connectivity index (χ4n) is 1.72. The molecule has 0 saturated heterocycles. The van der Waals surface area contributed by atoms with E-state index in [4.69, 9.17) is 5.26 Å². The maximum Gasteiger partial charge on any atom is 0.140 e. The molecule has 1 N–H and O–H groups in total. The molecule has 3 nitrogen and oxygen atoms in total. The van der Waals surface area contributed by atoms with E-state index in [1.54, 1.807) is 12.1 Å². The average molecular weight is 255 g/mol. The first-order valence-corrected chi connectivity index (χ1v) is 6.00. The van der Waals surface area contributed by atoms with E-state index in [-0.39, 0.29) is 5.56 Å². The van der Waals surface area contributed by atoms with Crippen molar-refractivity contribution in [3.05, 3.63) is 64.7 Å². The monoisotopic (exact) mass is 255 g/mol. The summed E-state index contributed by atoms with van der Waals surface area (Å²) in [6.07, 6.45) is 1.83. The van der Waals surface area contributed by atoms with E-state index in [1.807, 2.05) is 31.3 Å². The van der Waals surface area contributed by atoms with Crippen LogP contribution in [0.5, 0.6) is 0 Å². The first kappa shape index (κ1) is 13.2. The molecule has 96 valence electrons. The highest BCUT2D eigenvalue weighted by Gasteiger charge is 2.02. The molecular formula is C15H14FN3. The summed E-state index contributed by atoms with van der Waals surface area (Å²) in [6, 6.07) is 10.4. The molecule has 0 atom stereocenters. The first-order chi connectivity index (χ1) is 9.19. The van der Waals surface area contributed by atoms with E-state index >= 15 is 0 Å². The largest absolute Gasteiger partial charge is 0.309 e. The molecule has 1 aromatic heterocycles. The number of halogens is 1. The van der Waals surface area contributed by atoms with Crippen molar-refractivity contribution in [2.24, 2.45) is 0 Å². The maximum absolute atomic E-state index is 13.1. The number of rotatable bonds is 4. The second kappa shape index (κ2) is 6.07. The molecule has 0 unspecified atom stereocenters. The fourth-order valence-corrected chi connectivity index (χ4v) is 1.72. The maximum atomic E-state index is 13.1. The van der Waals surface area contributed by atoms with Crippen molar-refractivity contribution >= 4 is 0 Å². The van der Waals surface area contributed by atoms with Gasteiger partial charge in [0.2, 0.25) is 0 Å². The van der Waals surface area contributed by atoms with Gasteiger partial charge in [-0.1, -0.05) is 12.1 Å². The van der Waals surface area contributed by atoms with E-state index in [2.05, 4.69) is 10.3 Å². The highest BCUT2D eigenvalue weighted by atomic mass is 19.1. The summed E-state index contributed by atoms with van der Waals surface area (Å²) >= 11 is 0. The Morgan fingerprint density at radius 3 is 2.63 bits per heavy atom. The number of nitriles is 1. The Bertz CT molecular complexity index is 600. The Labute approximate surface area is 111 Å². The minimum Gasteiger partial charge on any atom is -0.309 e. The summed E-state index contributed by atoms with van der Waals surface area (Å²) in [7, 11) is 0. The Kier molecular flexibility index (Phi) is 4.22. The number of nitrogens with one attached hydrogen (secondary N) is 1. The third-order valence-electron chi connectivity index (χ3n) is 2.78. The van der Waals surface area contributed by atoms with E-state index in [1.165, 1.54) is 6.07 Å². The van der Waals surface area contributed by atoms with Crippen molar-refractivity contribution in [2.75, 3.05) is 0 Å². The second-order valence-electron chi connectivity index (χ2n) is 4.34. The van der Waals surface area contributed by atoms with Crippen LogP contribution in [0.4, 0.5) is 4.39 Å². The zero-order valence-electron chi connectivity index (χ0n) is 10.7.